The van der Waals surface area contributed by atoms with E-state index in [4.69, 9.17) is 10.5 Å². The lowest BCUT2D eigenvalue weighted by Crippen LogP contribution is -2.56. The highest BCUT2D eigenvalue weighted by Crippen LogP contribution is 2.39. The Hall–Kier alpha value is -0.320. The molecule has 0 aromatic carbocycles. The first-order valence-electron chi connectivity index (χ1n) is 7.30. The molecule has 3 rings (SSSR count). The van der Waals surface area contributed by atoms with Crippen molar-refractivity contribution in [1.82, 2.24) is 4.90 Å². The Morgan fingerprint density at radius 1 is 1.11 bits per heavy atom. The number of carbonyl (C=O) groups is 1. The minimum atomic E-state index is -0.566. The summed E-state index contributed by atoms with van der Waals surface area (Å²) >= 11 is 0. The zero-order chi connectivity index (χ0) is 12.6. The molecule has 2 N–H and O–H groups in total. The highest BCUT2D eigenvalue weighted by Gasteiger charge is 2.46. The molecule has 5 heteroatoms. The van der Waals surface area contributed by atoms with Crippen molar-refractivity contribution < 1.29 is 9.53 Å². The third kappa shape index (κ3) is 2.76. The van der Waals surface area contributed by atoms with Crippen molar-refractivity contribution in [3.8, 4) is 0 Å². The first-order valence-corrected chi connectivity index (χ1v) is 7.30. The standard InChI is InChI=1S/C14H24N2O2.ClH/c15-14(4-2-1-3-5-14)12(17)16-8-6-13(10-16)7-9-18-11-13;/h1-11,15H2;1H. The van der Waals surface area contributed by atoms with Crippen LogP contribution in [0.15, 0.2) is 0 Å². The predicted molar refractivity (Wildman–Crippen MR) is 76.3 cm³/mol. The molecule has 1 atom stereocenters. The van der Waals surface area contributed by atoms with Crippen LogP contribution < -0.4 is 5.73 Å². The molecule has 2 aliphatic heterocycles. The van der Waals surface area contributed by atoms with E-state index in [1.54, 1.807) is 0 Å². The van der Waals surface area contributed by atoms with Crippen LogP contribution >= 0.6 is 12.4 Å². The van der Waals surface area contributed by atoms with Gasteiger partial charge in [-0.15, -0.1) is 12.4 Å². The average molecular weight is 289 g/mol. The molecule has 0 radical (unpaired) electrons. The lowest BCUT2D eigenvalue weighted by atomic mass is 9.81. The number of ether oxygens (including phenoxy) is 1. The first kappa shape index (κ1) is 15.1. The minimum absolute atomic E-state index is 0. The van der Waals surface area contributed by atoms with Crippen LogP contribution in [0.3, 0.4) is 0 Å². The number of rotatable bonds is 1. The van der Waals surface area contributed by atoms with Gasteiger partial charge in [-0.1, -0.05) is 19.3 Å². The molecule has 2 heterocycles. The van der Waals surface area contributed by atoms with E-state index in [-0.39, 0.29) is 23.7 Å². The van der Waals surface area contributed by atoms with Gasteiger partial charge < -0.3 is 15.4 Å². The molecule has 0 aromatic rings. The van der Waals surface area contributed by atoms with Gasteiger partial charge in [0.1, 0.15) is 0 Å². The summed E-state index contributed by atoms with van der Waals surface area (Å²) in [5.41, 5.74) is 6.03. The van der Waals surface area contributed by atoms with Gasteiger partial charge >= 0.3 is 0 Å². The lowest BCUT2D eigenvalue weighted by molar-refractivity contribution is -0.137. The number of halogens is 1. The second kappa shape index (κ2) is 5.58. The Kier molecular flexibility index (Phi) is 4.43. The highest BCUT2D eigenvalue weighted by molar-refractivity contribution is 5.86. The highest BCUT2D eigenvalue weighted by atomic mass is 35.5. The fraction of sp³-hybridized carbons (Fsp3) is 0.929. The van der Waals surface area contributed by atoms with Gasteiger partial charge in [-0.2, -0.15) is 0 Å². The maximum Gasteiger partial charge on any atom is 0.242 e. The van der Waals surface area contributed by atoms with Crippen molar-refractivity contribution >= 4 is 18.3 Å². The minimum Gasteiger partial charge on any atom is -0.381 e. The van der Waals surface area contributed by atoms with E-state index in [1.807, 2.05) is 4.90 Å². The van der Waals surface area contributed by atoms with Gasteiger partial charge in [0.2, 0.25) is 5.91 Å². The van der Waals surface area contributed by atoms with Crippen molar-refractivity contribution in [2.24, 2.45) is 11.1 Å². The molecule has 0 bridgehead atoms. The van der Waals surface area contributed by atoms with Crippen molar-refractivity contribution in [3.63, 3.8) is 0 Å². The largest absolute Gasteiger partial charge is 0.381 e. The van der Waals surface area contributed by atoms with E-state index in [1.165, 1.54) is 6.42 Å². The predicted octanol–water partition coefficient (Wildman–Crippen LogP) is 1.71. The monoisotopic (exact) mass is 288 g/mol. The quantitative estimate of drug-likeness (QED) is 0.799. The third-order valence-corrected chi connectivity index (χ3v) is 5.08. The van der Waals surface area contributed by atoms with E-state index >= 15 is 0 Å². The van der Waals surface area contributed by atoms with E-state index in [9.17, 15) is 4.79 Å². The fourth-order valence-electron chi connectivity index (χ4n) is 3.79. The molecule has 0 aromatic heterocycles. The number of hydrogen-bond acceptors (Lipinski definition) is 3. The van der Waals surface area contributed by atoms with Crippen molar-refractivity contribution in [2.75, 3.05) is 26.3 Å². The van der Waals surface area contributed by atoms with E-state index in [0.29, 0.717) is 0 Å². The second-order valence-corrected chi connectivity index (χ2v) is 6.50. The van der Waals surface area contributed by atoms with Crippen LogP contribution in [0.4, 0.5) is 0 Å². The zero-order valence-corrected chi connectivity index (χ0v) is 12.3. The van der Waals surface area contributed by atoms with E-state index in [0.717, 1.165) is 64.8 Å². The Labute approximate surface area is 121 Å². The van der Waals surface area contributed by atoms with Crippen LogP contribution in [0.25, 0.3) is 0 Å². The number of amides is 1. The molecule has 3 aliphatic rings. The smallest absolute Gasteiger partial charge is 0.242 e. The maximum absolute atomic E-state index is 12.6. The van der Waals surface area contributed by atoms with E-state index in [2.05, 4.69) is 0 Å². The van der Waals surface area contributed by atoms with Gasteiger partial charge in [0.25, 0.3) is 0 Å². The molecule has 4 nitrogen and oxygen atoms in total. The van der Waals surface area contributed by atoms with Gasteiger partial charge in [0.05, 0.1) is 12.1 Å². The van der Waals surface area contributed by atoms with E-state index < -0.39 is 5.54 Å². The summed E-state index contributed by atoms with van der Waals surface area (Å²) in [7, 11) is 0. The summed E-state index contributed by atoms with van der Waals surface area (Å²) < 4.78 is 5.51. The molecule has 19 heavy (non-hydrogen) atoms. The van der Waals surface area contributed by atoms with Crippen LogP contribution in [-0.2, 0) is 9.53 Å². The first-order chi connectivity index (χ1) is 8.64. The summed E-state index contributed by atoms with van der Waals surface area (Å²) in [4.78, 5) is 14.6. The van der Waals surface area contributed by atoms with Gasteiger partial charge in [0, 0.05) is 25.1 Å². The number of hydrogen-bond donors (Lipinski definition) is 1. The Bertz CT molecular complexity index is 336. The maximum atomic E-state index is 12.6. The normalized spacial score (nSPS) is 33.4. The van der Waals surface area contributed by atoms with Crippen LogP contribution in [-0.4, -0.2) is 42.6 Å². The third-order valence-electron chi connectivity index (χ3n) is 5.08. The molecule has 3 fully saturated rings. The van der Waals surface area contributed by atoms with Crippen LogP contribution in [0, 0.1) is 5.41 Å². The molecule has 1 amide bonds. The SMILES string of the molecule is Cl.NC1(C(=O)N2CCC3(CCOC3)C2)CCCCC1. The Morgan fingerprint density at radius 3 is 2.47 bits per heavy atom. The van der Waals surface area contributed by atoms with Crippen LogP contribution in [0.2, 0.25) is 0 Å². The number of nitrogens with two attached hydrogens (primary N) is 1. The molecule has 1 spiro atoms. The fourth-order valence-corrected chi connectivity index (χ4v) is 3.79. The number of nitrogens with zero attached hydrogens (tertiary/aromatic N) is 1. The Balaban J connectivity index is 0.00000133. The van der Waals surface area contributed by atoms with Gasteiger partial charge in [0.15, 0.2) is 0 Å². The van der Waals surface area contributed by atoms with Crippen LogP contribution in [0.5, 0.6) is 0 Å². The summed E-state index contributed by atoms with van der Waals surface area (Å²) in [6.07, 6.45) is 7.36. The van der Waals surface area contributed by atoms with Gasteiger partial charge in [-0.3, -0.25) is 4.79 Å². The van der Waals surface area contributed by atoms with Gasteiger partial charge in [-0.25, -0.2) is 0 Å². The molecular weight excluding hydrogens is 264 g/mol. The molecule has 1 saturated carbocycles. The summed E-state index contributed by atoms with van der Waals surface area (Å²) in [6, 6.07) is 0. The molecule has 110 valence electrons. The average Bonchev–Trinajstić information content (AvgIpc) is 3.00. The zero-order valence-electron chi connectivity index (χ0n) is 11.5. The number of carbonyl (C=O) groups excluding carboxylic acids is 1. The van der Waals surface area contributed by atoms with Crippen LogP contribution in [0.1, 0.15) is 44.9 Å². The molecular formula is C14H25ClN2O2. The summed E-state index contributed by atoms with van der Waals surface area (Å²) in [5, 5.41) is 0. The molecule has 1 aliphatic carbocycles. The summed E-state index contributed by atoms with van der Waals surface area (Å²) in [6.45, 7) is 3.43. The van der Waals surface area contributed by atoms with Gasteiger partial charge in [-0.05, 0) is 25.7 Å². The number of likely N-dealkylation sites (tertiary alicyclic amines) is 1. The Morgan fingerprint density at radius 2 is 1.84 bits per heavy atom. The molecule has 1 unspecified atom stereocenters. The summed E-state index contributed by atoms with van der Waals surface area (Å²) in [5.74, 6) is 0.200. The van der Waals surface area contributed by atoms with Crippen molar-refractivity contribution in [3.05, 3.63) is 0 Å². The topological polar surface area (TPSA) is 55.6 Å². The second-order valence-electron chi connectivity index (χ2n) is 6.50. The molecule has 2 saturated heterocycles. The lowest BCUT2D eigenvalue weighted by Gasteiger charge is -2.35. The van der Waals surface area contributed by atoms with Crippen molar-refractivity contribution in [1.29, 1.82) is 0 Å². The van der Waals surface area contributed by atoms with Crippen molar-refractivity contribution in [2.45, 2.75) is 50.5 Å².